The van der Waals surface area contributed by atoms with E-state index in [2.05, 4.69) is 15.5 Å². The van der Waals surface area contributed by atoms with Gasteiger partial charge in [0.25, 0.3) is 0 Å². The van der Waals surface area contributed by atoms with Crippen molar-refractivity contribution in [3.63, 3.8) is 0 Å². The molecular weight excluding hydrogens is 214 g/mol. The van der Waals surface area contributed by atoms with Crippen molar-refractivity contribution in [1.29, 1.82) is 0 Å². The average molecular weight is 239 g/mol. The fraction of sp³-hybridized carbons (Fsp3) is 0.769. The van der Waals surface area contributed by atoms with Gasteiger partial charge in [-0.1, -0.05) is 13.0 Å². The molecule has 1 aliphatic rings. The van der Waals surface area contributed by atoms with Crippen molar-refractivity contribution in [2.75, 3.05) is 39.3 Å². The number of amides is 1. The molecule has 0 spiro atoms. The van der Waals surface area contributed by atoms with Gasteiger partial charge < -0.3 is 15.5 Å². The Labute approximate surface area is 104 Å². The Kier molecular flexibility index (Phi) is 6.89. The van der Waals surface area contributed by atoms with Gasteiger partial charge in [0.1, 0.15) is 0 Å². The molecule has 0 aromatic carbocycles. The second-order valence-corrected chi connectivity index (χ2v) is 4.50. The van der Waals surface area contributed by atoms with E-state index in [1.54, 1.807) is 0 Å². The first-order valence-corrected chi connectivity index (χ1v) is 6.62. The molecule has 1 rings (SSSR count). The monoisotopic (exact) mass is 239 g/mol. The number of carbonyl (C=O) groups excluding carboxylic acids is 1. The van der Waals surface area contributed by atoms with Gasteiger partial charge in [0.05, 0.1) is 0 Å². The molecule has 0 aliphatic carbocycles. The molecule has 0 aromatic rings. The lowest BCUT2D eigenvalue weighted by Gasteiger charge is -2.27. The Morgan fingerprint density at radius 2 is 2.12 bits per heavy atom. The summed E-state index contributed by atoms with van der Waals surface area (Å²) in [6, 6.07) is 0. The molecule has 0 atom stereocenters. The first kappa shape index (κ1) is 14.2. The van der Waals surface area contributed by atoms with Crippen molar-refractivity contribution in [2.45, 2.75) is 26.7 Å². The van der Waals surface area contributed by atoms with E-state index in [9.17, 15) is 4.79 Å². The largest absolute Gasteiger partial charge is 0.352 e. The zero-order chi connectivity index (χ0) is 12.5. The topological polar surface area (TPSA) is 44.4 Å². The lowest BCUT2D eigenvalue weighted by molar-refractivity contribution is -0.117. The van der Waals surface area contributed by atoms with Gasteiger partial charge in [0.2, 0.25) is 5.91 Å². The number of piperazine rings is 1. The minimum absolute atomic E-state index is 0.0761. The minimum Gasteiger partial charge on any atom is -0.352 e. The molecule has 0 radical (unpaired) electrons. The Balaban J connectivity index is 2.07. The van der Waals surface area contributed by atoms with Gasteiger partial charge in [-0.2, -0.15) is 0 Å². The van der Waals surface area contributed by atoms with Crippen molar-refractivity contribution in [3.05, 3.63) is 11.6 Å². The lowest BCUT2D eigenvalue weighted by atomic mass is 10.2. The molecule has 4 nitrogen and oxygen atoms in total. The Hall–Kier alpha value is -0.870. The fourth-order valence-electron chi connectivity index (χ4n) is 1.98. The summed E-state index contributed by atoms with van der Waals surface area (Å²) in [6.07, 6.45) is 3.91. The highest BCUT2D eigenvalue weighted by Gasteiger charge is 2.08. The van der Waals surface area contributed by atoms with Gasteiger partial charge in [-0.15, -0.1) is 0 Å². The summed E-state index contributed by atoms with van der Waals surface area (Å²) >= 11 is 0. The highest BCUT2D eigenvalue weighted by atomic mass is 16.1. The first-order valence-electron chi connectivity index (χ1n) is 6.62. The number of rotatable bonds is 6. The van der Waals surface area contributed by atoms with E-state index in [-0.39, 0.29) is 5.91 Å². The van der Waals surface area contributed by atoms with Gasteiger partial charge in [0.15, 0.2) is 0 Å². The van der Waals surface area contributed by atoms with Crippen LogP contribution in [0.4, 0.5) is 0 Å². The van der Waals surface area contributed by atoms with E-state index in [1.165, 1.54) is 0 Å². The smallest absolute Gasteiger partial charge is 0.246 e. The molecule has 98 valence electrons. The maximum Gasteiger partial charge on any atom is 0.246 e. The predicted octanol–water partition coefficient (Wildman–Crippen LogP) is 0.754. The molecular formula is C13H25N3O. The second kappa shape index (κ2) is 8.25. The molecule has 1 fully saturated rings. The summed E-state index contributed by atoms with van der Waals surface area (Å²) in [7, 11) is 0. The summed E-state index contributed by atoms with van der Waals surface area (Å²) in [5.41, 5.74) is 0.828. The molecule has 17 heavy (non-hydrogen) atoms. The van der Waals surface area contributed by atoms with Crippen LogP contribution in [0.15, 0.2) is 11.6 Å². The minimum atomic E-state index is 0.0761. The summed E-state index contributed by atoms with van der Waals surface area (Å²) < 4.78 is 0. The van der Waals surface area contributed by atoms with Gasteiger partial charge in [0, 0.05) is 38.3 Å². The van der Waals surface area contributed by atoms with Crippen LogP contribution < -0.4 is 10.6 Å². The number of carbonyl (C=O) groups is 1. The van der Waals surface area contributed by atoms with Crippen LogP contribution in [0.2, 0.25) is 0 Å². The van der Waals surface area contributed by atoms with Crippen LogP contribution in [-0.2, 0) is 4.79 Å². The summed E-state index contributed by atoms with van der Waals surface area (Å²) in [4.78, 5) is 14.0. The van der Waals surface area contributed by atoms with E-state index in [0.29, 0.717) is 0 Å². The Morgan fingerprint density at radius 1 is 1.41 bits per heavy atom. The highest BCUT2D eigenvalue weighted by Crippen LogP contribution is 1.96. The number of allylic oxidation sites excluding steroid dienone is 1. The Morgan fingerprint density at radius 3 is 2.76 bits per heavy atom. The van der Waals surface area contributed by atoms with Crippen molar-refractivity contribution in [2.24, 2.45) is 0 Å². The van der Waals surface area contributed by atoms with Crippen LogP contribution in [0.1, 0.15) is 26.7 Å². The predicted molar refractivity (Wildman–Crippen MR) is 71.0 cm³/mol. The molecule has 1 heterocycles. The molecule has 0 bridgehead atoms. The highest BCUT2D eigenvalue weighted by molar-refractivity contribution is 5.92. The van der Waals surface area contributed by atoms with Crippen LogP contribution in [0.25, 0.3) is 0 Å². The van der Waals surface area contributed by atoms with Crippen LogP contribution in [0, 0.1) is 0 Å². The molecule has 1 amide bonds. The second-order valence-electron chi connectivity index (χ2n) is 4.50. The summed E-state index contributed by atoms with van der Waals surface area (Å²) in [5.74, 6) is 0.0761. The first-order chi connectivity index (χ1) is 8.24. The van der Waals surface area contributed by atoms with Crippen LogP contribution >= 0.6 is 0 Å². The summed E-state index contributed by atoms with van der Waals surface area (Å²) in [6.45, 7) is 10.2. The van der Waals surface area contributed by atoms with Crippen molar-refractivity contribution in [3.8, 4) is 0 Å². The van der Waals surface area contributed by atoms with Gasteiger partial charge in [-0.25, -0.2) is 0 Å². The van der Waals surface area contributed by atoms with E-state index < -0.39 is 0 Å². The number of hydrogen-bond donors (Lipinski definition) is 2. The molecule has 2 N–H and O–H groups in total. The SMILES string of the molecule is CC/C=C(\C)C(=O)NCCCN1CCNCC1. The van der Waals surface area contributed by atoms with E-state index in [0.717, 1.165) is 57.7 Å². The van der Waals surface area contributed by atoms with E-state index >= 15 is 0 Å². The lowest BCUT2D eigenvalue weighted by Crippen LogP contribution is -2.44. The van der Waals surface area contributed by atoms with Crippen LogP contribution in [-0.4, -0.2) is 50.1 Å². The fourth-order valence-corrected chi connectivity index (χ4v) is 1.98. The zero-order valence-electron chi connectivity index (χ0n) is 11.1. The van der Waals surface area contributed by atoms with Gasteiger partial charge >= 0.3 is 0 Å². The molecule has 0 aromatic heterocycles. The third-order valence-corrected chi connectivity index (χ3v) is 3.01. The van der Waals surface area contributed by atoms with Gasteiger partial charge in [-0.05, 0) is 26.3 Å². The van der Waals surface area contributed by atoms with E-state index in [4.69, 9.17) is 0 Å². The van der Waals surface area contributed by atoms with E-state index in [1.807, 2.05) is 19.9 Å². The average Bonchev–Trinajstić information content (AvgIpc) is 2.36. The maximum absolute atomic E-state index is 11.6. The van der Waals surface area contributed by atoms with Gasteiger partial charge in [-0.3, -0.25) is 4.79 Å². The zero-order valence-corrected chi connectivity index (χ0v) is 11.1. The van der Waals surface area contributed by atoms with Crippen molar-refractivity contribution < 1.29 is 4.79 Å². The number of nitrogens with zero attached hydrogens (tertiary/aromatic N) is 1. The Bertz CT molecular complexity index is 257. The summed E-state index contributed by atoms with van der Waals surface area (Å²) in [5, 5.41) is 6.29. The van der Waals surface area contributed by atoms with Crippen LogP contribution in [0.3, 0.4) is 0 Å². The molecule has 0 saturated carbocycles. The third-order valence-electron chi connectivity index (χ3n) is 3.01. The maximum atomic E-state index is 11.6. The molecule has 4 heteroatoms. The number of hydrogen-bond acceptors (Lipinski definition) is 3. The van der Waals surface area contributed by atoms with Crippen LogP contribution in [0.5, 0.6) is 0 Å². The molecule has 1 aliphatic heterocycles. The van der Waals surface area contributed by atoms with Crippen molar-refractivity contribution in [1.82, 2.24) is 15.5 Å². The number of nitrogens with one attached hydrogen (secondary N) is 2. The quantitative estimate of drug-likeness (QED) is 0.531. The van der Waals surface area contributed by atoms with Crippen molar-refractivity contribution >= 4 is 5.91 Å². The molecule has 0 unspecified atom stereocenters. The molecule has 1 saturated heterocycles. The third kappa shape index (κ3) is 5.84. The normalized spacial score (nSPS) is 18.1. The standard InChI is InChI=1S/C13H25N3O/c1-3-5-12(2)13(17)15-6-4-9-16-10-7-14-8-11-16/h5,14H,3-4,6-11H2,1-2H3,(H,15,17)/b12-5+.